The molecule has 3 rings (SSSR count). The minimum Gasteiger partial charge on any atom is -0.355 e. The number of hydrogen-bond acceptors (Lipinski definition) is 4. The molecule has 0 spiro atoms. The predicted octanol–water partition coefficient (Wildman–Crippen LogP) is 2.61. The molecule has 0 aromatic heterocycles. The van der Waals surface area contributed by atoms with Gasteiger partial charge >= 0.3 is 0 Å². The fourth-order valence-electron chi connectivity index (χ4n) is 4.36. The zero-order valence-corrected chi connectivity index (χ0v) is 18.2. The van der Waals surface area contributed by atoms with E-state index in [1.807, 2.05) is 18.2 Å². The van der Waals surface area contributed by atoms with Gasteiger partial charge in [0.15, 0.2) is 0 Å². The predicted molar refractivity (Wildman–Crippen MR) is 116 cm³/mol. The minimum absolute atomic E-state index is 0.0130. The van der Waals surface area contributed by atoms with Crippen LogP contribution in [0.3, 0.4) is 0 Å². The molecule has 0 unspecified atom stereocenters. The largest absolute Gasteiger partial charge is 0.355 e. The topological polar surface area (TPSA) is 69.7 Å². The maximum absolute atomic E-state index is 12.6. The SMILES string of the molecule is O=C(CCC1CCCCC1)NCCS(=O)(=O)N1CCN(Cc2ccccc2)CC1. The Kier molecular flexibility index (Phi) is 8.51. The highest BCUT2D eigenvalue weighted by molar-refractivity contribution is 7.89. The summed E-state index contributed by atoms with van der Waals surface area (Å²) < 4.78 is 26.8. The summed E-state index contributed by atoms with van der Waals surface area (Å²) in [6, 6.07) is 10.3. The molecule has 1 N–H and O–H groups in total. The molecule has 29 heavy (non-hydrogen) atoms. The third-order valence-corrected chi connectivity index (χ3v) is 8.03. The number of amides is 1. The molecule has 1 saturated carbocycles. The van der Waals surface area contributed by atoms with Crippen molar-refractivity contribution in [3.05, 3.63) is 35.9 Å². The average molecular weight is 422 g/mol. The highest BCUT2D eigenvalue weighted by Crippen LogP contribution is 2.27. The quantitative estimate of drug-likeness (QED) is 0.665. The van der Waals surface area contributed by atoms with Crippen LogP contribution in [0.2, 0.25) is 0 Å². The molecule has 6 nitrogen and oxygen atoms in total. The fraction of sp³-hybridized carbons (Fsp3) is 0.682. The van der Waals surface area contributed by atoms with Gasteiger partial charge < -0.3 is 5.32 Å². The van der Waals surface area contributed by atoms with Crippen LogP contribution in [0.25, 0.3) is 0 Å². The van der Waals surface area contributed by atoms with Gasteiger partial charge in [0.1, 0.15) is 0 Å². The Morgan fingerprint density at radius 1 is 1.00 bits per heavy atom. The molecule has 0 radical (unpaired) electrons. The van der Waals surface area contributed by atoms with E-state index in [1.165, 1.54) is 37.7 Å². The van der Waals surface area contributed by atoms with Gasteiger partial charge in [-0.1, -0.05) is 62.4 Å². The first kappa shape index (κ1) is 22.2. The number of piperazine rings is 1. The van der Waals surface area contributed by atoms with Crippen molar-refractivity contribution in [3.8, 4) is 0 Å². The normalized spacial score (nSPS) is 19.9. The van der Waals surface area contributed by atoms with E-state index in [9.17, 15) is 13.2 Å². The second-order valence-corrected chi connectivity index (χ2v) is 10.5. The molecular formula is C22H35N3O3S. The van der Waals surface area contributed by atoms with Gasteiger partial charge in [-0.3, -0.25) is 9.69 Å². The van der Waals surface area contributed by atoms with Crippen LogP contribution in [0.15, 0.2) is 30.3 Å². The molecule has 2 aliphatic rings. The molecule has 1 aromatic rings. The summed E-state index contributed by atoms with van der Waals surface area (Å²) in [4.78, 5) is 14.3. The van der Waals surface area contributed by atoms with Crippen molar-refractivity contribution in [2.24, 2.45) is 5.92 Å². The standard InChI is InChI=1S/C22H35N3O3S/c26-22(12-11-20-7-3-1-4-8-20)23-13-18-29(27,28)25-16-14-24(15-17-25)19-21-9-5-2-6-10-21/h2,5-6,9-10,20H,1,3-4,7-8,11-19H2,(H,23,26). The van der Waals surface area contributed by atoms with E-state index in [1.54, 1.807) is 4.31 Å². The first-order valence-corrected chi connectivity index (χ1v) is 12.6. The van der Waals surface area contributed by atoms with Crippen LogP contribution < -0.4 is 5.32 Å². The van der Waals surface area contributed by atoms with E-state index < -0.39 is 10.0 Å². The fourth-order valence-corrected chi connectivity index (χ4v) is 5.69. The van der Waals surface area contributed by atoms with Gasteiger partial charge in [0.25, 0.3) is 0 Å². The lowest BCUT2D eigenvalue weighted by molar-refractivity contribution is -0.121. The van der Waals surface area contributed by atoms with Gasteiger partial charge in [0.05, 0.1) is 5.75 Å². The second kappa shape index (κ2) is 11.1. The third kappa shape index (κ3) is 7.39. The Morgan fingerprint density at radius 2 is 1.69 bits per heavy atom. The first-order valence-electron chi connectivity index (χ1n) is 11.0. The molecule has 1 aliphatic carbocycles. The van der Waals surface area contributed by atoms with E-state index in [-0.39, 0.29) is 18.2 Å². The second-order valence-electron chi connectivity index (χ2n) is 8.37. The Bertz CT molecular complexity index is 725. The number of sulfonamides is 1. The van der Waals surface area contributed by atoms with E-state index in [2.05, 4.69) is 22.3 Å². The number of carbonyl (C=O) groups excluding carboxylic acids is 1. The molecule has 1 saturated heterocycles. The lowest BCUT2D eigenvalue weighted by Gasteiger charge is -2.34. The zero-order valence-electron chi connectivity index (χ0n) is 17.4. The van der Waals surface area contributed by atoms with Crippen LogP contribution in [-0.4, -0.2) is 62.0 Å². The van der Waals surface area contributed by atoms with Crippen molar-refractivity contribution in [3.63, 3.8) is 0 Å². The van der Waals surface area contributed by atoms with Crippen LogP contribution in [0, 0.1) is 5.92 Å². The summed E-state index contributed by atoms with van der Waals surface area (Å²) in [5.41, 5.74) is 1.25. The van der Waals surface area contributed by atoms with Crippen molar-refractivity contribution in [2.45, 2.75) is 51.5 Å². The summed E-state index contributed by atoms with van der Waals surface area (Å²) in [5, 5.41) is 2.80. The Balaban J connectivity index is 1.33. The van der Waals surface area contributed by atoms with Crippen LogP contribution in [-0.2, 0) is 21.4 Å². The van der Waals surface area contributed by atoms with Gasteiger partial charge in [0.2, 0.25) is 15.9 Å². The third-order valence-electron chi connectivity index (χ3n) is 6.16. The van der Waals surface area contributed by atoms with Crippen LogP contribution in [0.1, 0.15) is 50.5 Å². The summed E-state index contributed by atoms with van der Waals surface area (Å²) in [6.07, 6.45) is 7.80. The maximum atomic E-state index is 12.6. The van der Waals surface area contributed by atoms with Crippen molar-refractivity contribution in [2.75, 3.05) is 38.5 Å². The van der Waals surface area contributed by atoms with Crippen LogP contribution in [0.4, 0.5) is 0 Å². The van der Waals surface area contributed by atoms with Crippen molar-refractivity contribution < 1.29 is 13.2 Å². The zero-order chi connectivity index (χ0) is 20.5. The van der Waals surface area contributed by atoms with E-state index in [0.717, 1.165) is 26.1 Å². The molecule has 7 heteroatoms. The monoisotopic (exact) mass is 421 g/mol. The summed E-state index contributed by atoms with van der Waals surface area (Å²) >= 11 is 0. The van der Waals surface area contributed by atoms with E-state index in [0.29, 0.717) is 25.4 Å². The molecule has 1 heterocycles. The number of benzene rings is 1. The maximum Gasteiger partial charge on any atom is 0.220 e. The Labute approximate surface area is 175 Å². The lowest BCUT2D eigenvalue weighted by Crippen LogP contribution is -2.49. The number of nitrogens with one attached hydrogen (secondary N) is 1. The van der Waals surface area contributed by atoms with E-state index in [4.69, 9.17) is 0 Å². The Morgan fingerprint density at radius 3 is 2.38 bits per heavy atom. The number of hydrogen-bond donors (Lipinski definition) is 1. The summed E-state index contributed by atoms with van der Waals surface area (Å²) in [5.74, 6) is 0.643. The highest BCUT2D eigenvalue weighted by Gasteiger charge is 2.26. The minimum atomic E-state index is -3.32. The number of nitrogens with zero attached hydrogens (tertiary/aromatic N) is 2. The molecule has 2 fully saturated rings. The van der Waals surface area contributed by atoms with Crippen molar-refractivity contribution in [1.82, 2.24) is 14.5 Å². The molecule has 1 aliphatic heterocycles. The van der Waals surface area contributed by atoms with Gasteiger partial charge in [0, 0.05) is 45.7 Å². The molecule has 162 valence electrons. The van der Waals surface area contributed by atoms with Gasteiger partial charge in [-0.25, -0.2) is 8.42 Å². The average Bonchev–Trinajstić information content (AvgIpc) is 2.74. The highest BCUT2D eigenvalue weighted by atomic mass is 32.2. The van der Waals surface area contributed by atoms with Crippen LogP contribution >= 0.6 is 0 Å². The summed E-state index contributed by atoms with van der Waals surface area (Å²) in [6.45, 7) is 3.57. The van der Waals surface area contributed by atoms with E-state index >= 15 is 0 Å². The molecule has 1 amide bonds. The van der Waals surface area contributed by atoms with Gasteiger partial charge in [-0.15, -0.1) is 0 Å². The van der Waals surface area contributed by atoms with Crippen molar-refractivity contribution in [1.29, 1.82) is 0 Å². The first-order chi connectivity index (χ1) is 14.0. The number of carbonyl (C=O) groups is 1. The molecular weight excluding hydrogens is 386 g/mol. The summed E-state index contributed by atoms with van der Waals surface area (Å²) in [7, 11) is -3.32. The Hall–Kier alpha value is -1.44. The molecule has 0 bridgehead atoms. The molecule has 1 aromatic carbocycles. The lowest BCUT2D eigenvalue weighted by atomic mass is 9.86. The smallest absolute Gasteiger partial charge is 0.220 e. The van der Waals surface area contributed by atoms with Gasteiger partial charge in [-0.05, 0) is 17.9 Å². The van der Waals surface area contributed by atoms with Crippen molar-refractivity contribution >= 4 is 15.9 Å². The van der Waals surface area contributed by atoms with Crippen LogP contribution in [0.5, 0.6) is 0 Å². The van der Waals surface area contributed by atoms with Gasteiger partial charge in [-0.2, -0.15) is 4.31 Å². The molecule has 0 atom stereocenters. The number of rotatable bonds is 9.